The Kier molecular flexibility index (Phi) is 3.54. The molecule has 0 radical (unpaired) electrons. The lowest BCUT2D eigenvalue weighted by atomic mass is 10.1. The Bertz CT molecular complexity index is 650. The molecule has 3 nitrogen and oxygen atoms in total. The Labute approximate surface area is 121 Å². The van der Waals surface area contributed by atoms with Gasteiger partial charge in [-0.25, -0.2) is 4.39 Å². The first-order chi connectivity index (χ1) is 9.63. The van der Waals surface area contributed by atoms with Crippen molar-refractivity contribution in [1.82, 2.24) is 4.90 Å². The van der Waals surface area contributed by atoms with Gasteiger partial charge in [-0.15, -0.1) is 11.3 Å². The molecule has 0 aliphatic carbocycles. The van der Waals surface area contributed by atoms with Gasteiger partial charge in [0, 0.05) is 35.6 Å². The fourth-order valence-electron chi connectivity index (χ4n) is 2.53. The van der Waals surface area contributed by atoms with E-state index in [1.54, 1.807) is 23.5 Å². The van der Waals surface area contributed by atoms with Crippen molar-refractivity contribution >= 4 is 17.2 Å². The molecule has 0 saturated carbocycles. The van der Waals surface area contributed by atoms with E-state index in [2.05, 4.69) is 16.3 Å². The first-order valence-corrected chi connectivity index (χ1v) is 7.42. The van der Waals surface area contributed by atoms with Gasteiger partial charge in [0.05, 0.1) is 0 Å². The van der Waals surface area contributed by atoms with Gasteiger partial charge in [-0.1, -0.05) is 12.1 Å². The highest BCUT2D eigenvalue weighted by Crippen LogP contribution is 2.25. The molecule has 0 fully saturated rings. The number of thiophene rings is 1. The molecular formula is C15H16FN3S. The average molecular weight is 289 g/mol. The average Bonchev–Trinajstić information content (AvgIpc) is 2.88. The van der Waals surface area contributed by atoms with Gasteiger partial charge in [-0.3, -0.25) is 10.3 Å². The number of nitrogens with one attached hydrogen (secondary N) is 1. The van der Waals surface area contributed by atoms with Gasteiger partial charge in [-0.05, 0) is 29.5 Å². The molecule has 0 atom stereocenters. The first kappa shape index (κ1) is 13.3. The summed E-state index contributed by atoms with van der Waals surface area (Å²) < 4.78 is 14.0. The van der Waals surface area contributed by atoms with Crippen LogP contribution in [0.3, 0.4) is 0 Å². The number of nitrogen functional groups attached to an aromatic ring is 1. The van der Waals surface area contributed by atoms with Crippen molar-refractivity contribution in [3.05, 3.63) is 57.0 Å². The summed E-state index contributed by atoms with van der Waals surface area (Å²) in [6, 6.07) is 6.94. The fraction of sp³-hybridized carbons (Fsp3) is 0.267. The second-order valence-electron chi connectivity index (χ2n) is 5.05. The van der Waals surface area contributed by atoms with Gasteiger partial charge in [0.25, 0.3) is 0 Å². The van der Waals surface area contributed by atoms with Crippen molar-refractivity contribution < 1.29 is 4.39 Å². The van der Waals surface area contributed by atoms with E-state index in [4.69, 9.17) is 11.1 Å². The van der Waals surface area contributed by atoms with E-state index in [0.717, 1.165) is 19.5 Å². The van der Waals surface area contributed by atoms with Crippen LogP contribution in [0.5, 0.6) is 0 Å². The summed E-state index contributed by atoms with van der Waals surface area (Å²) in [5.41, 5.74) is 7.82. The topological polar surface area (TPSA) is 53.1 Å². The van der Waals surface area contributed by atoms with Crippen LogP contribution < -0.4 is 5.73 Å². The largest absolute Gasteiger partial charge is 0.384 e. The Hall–Kier alpha value is -1.72. The van der Waals surface area contributed by atoms with Crippen molar-refractivity contribution in [1.29, 1.82) is 5.41 Å². The van der Waals surface area contributed by atoms with Crippen molar-refractivity contribution in [2.75, 3.05) is 6.54 Å². The molecule has 20 heavy (non-hydrogen) atoms. The molecule has 0 unspecified atom stereocenters. The van der Waals surface area contributed by atoms with E-state index >= 15 is 0 Å². The number of amidine groups is 1. The molecule has 3 rings (SSSR count). The molecule has 5 heteroatoms. The lowest BCUT2D eigenvalue weighted by Gasteiger charge is -2.27. The minimum Gasteiger partial charge on any atom is -0.384 e. The van der Waals surface area contributed by atoms with Crippen molar-refractivity contribution in [3.8, 4) is 0 Å². The summed E-state index contributed by atoms with van der Waals surface area (Å²) in [5, 5.41) is 9.44. The highest BCUT2D eigenvalue weighted by atomic mass is 32.1. The molecule has 2 aromatic rings. The van der Waals surface area contributed by atoms with Gasteiger partial charge < -0.3 is 5.73 Å². The van der Waals surface area contributed by atoms with Crippen molar-refractivity contribution in [3.63, 3.8) is 0 Å². The summed E-state index contributed by atoms with van der Waals surface area (Å²) >= 11 is 1.80. The first-order valence-electron chi connectivity index (χ1n) is 6.54. The maximum Gasteiger partial charge on any atom is 0.128 e. The summed E-state index contributed by atoms with van der Waals surface area (Å²) in [7, 11) is 0. The third-order valence-electron chi connectivity index (χ3n) is 3.64. The van der Waals surface area contributed by atoms with Gasteiger partial charge in [0.2, 0.25) is 0 Å². The third kappa shape index (κ3) is 2.59. The highest BCUT2D eigenvalue weighted by Gasteiger charge is 2.18. The molecule has 2 heterocycles. The lowest BCUT2D eigenvalue weighted by molar-refractivity contribution is 0.244. The molecule has 0 saturated heterocycles. The van der Waals surface area contributed by atoms with Gasteiger partial charge in [-0.2, -0.15) is 0 Å². The number of hydrogen-bond acceptors (Lipinski definition) is 3. The van der Waals surface area contributed by atoms with E-state index in [0.29, 0.717) is 17.7 Å². The summed E-state index contributed by atoms with van der Waals surface area (Å²) in [4.78, 5) is 3.70. The van der Waals surface area contributed by atoms with Crippen LogP contribution in [0.2, 0.25) is 0 Å². The fourth-order valence-corrected chi connectivity index (χ4v) is 3.42. The number of benzene rings is 1. The van der Waals surface area contributed by atoms with E-state index in [1.165, 1.54) is 16.5 Å². The number of rotatable bonds is 3. The van der Waals surface area contributed by atoms with E-state index in [1.807, 2.05) is 0 Å². The van der Waals surface area contributed by atoms with Crippen LogP contribution in [0, 0.1) is 11.2 Å². The van der Waals surface area contributed by atoms with E-state index in [-0.39, 0.29) is 11.7 Å². The zero-order valence-corrected chi connectivity index (χ0v) is 11.8. The normalized spacial score (nSPS) is 15.1. The lowest BCUT2D eigenvalue weighted by Crippen LogP contribution is -2.29. The molecule has 104 valence electrons. The molecule has 1 aromatic carbocycles. The number of halogens is 1. The molecule has 1 aromatic heterocycles. The van der Waals surface area contributed by atoms with Crippen LogP contribution in [0.1, 0.15) is 21.6 Å². The van der Waals surface area contributed by atoms with Crippen LogP contribution in [0.25, 0.3) is 0 Å². The molecular weight excluding hydrogens is 273 g/mol. The zero-order valence-electron chi connectivity index (χ0n) is 11.0. The van der Waals surface area contributed by atoms with Gasteiger partial charge in [0.15, 0.2) is 0 Å². The van der Waals surface area contributed by atoms with Crippen LogP contribution in [-0.4, -0.2) is 17.3 Å². The third-order valence-corrected chi connectivity index (χ3v) is 4.67. The number of fused-ring (bicyclic) bond motifs is 1. The Morgan fingerprint density at radius 2 is 2.25 bits per heavy atom. The van der Waals surface area contributed by atoms with Crippen LogP contribution in [0.4, 0.5) is 4.39 Å². The highest BCUT2D eigenvalue weighted by molar-refractivity contribution is 7.10. The predicted octanol–water partition coefficient (Wildman–Crippen LogP) is 2.73. The molecule has 1 aliphatic rings. The van der Waals surface area contributed by atoms with Gasteiger partial charge >= 0.3 is 0 Å². The van der Waals surface area contributed by atoms with E-state index < -0.39 is 0 Å². The number of nitrogens with zero attached hydrogens (tertiary/aromatic N) is 1. The number of hydrogen-bond donors (Lipinski definition) is 2. The smallest absolute Gasteiger partial charge is 0.128 e. The van der Waals surface area contributed by atoms with Crippen LogP contribution >= 0.6 is 11.3 Å². The maximum atomic E-state index is 14.0. The Morgan fingerprint density at radius 1 is 1.40 bits per heavy atom. The van der Waals surface area contributed by atoms with Crippen LogP contribution in [-0.2, 0) is 19.5 Å². The van der Waals surface area contributed by atoms with Crippen molar-refractivity contribution in [2.45, 2.75) is 19.5 Å². The molecule has 0 bridgehead atoms. The molecule has 1 aliphatic heterocycles. The standard InChI is InChI=1S/C15H16FN3S/c16-13-7-10(15(17)18)1-2-11(13)8-19-5-3-14-12(9-19)4-6-20-14/h1-2,4,6-7H,3,5,8-9H2,(H3,17,18). The monoisotopic (exact) mass is 289 g/mol. The predicted molar refractivity (Wildman–Crippen MR) is 79.6 cm³/mol. The number of nitrogens with two attached hydrogens (primary N) is 1. The second-order valence-corrected chi connectivity index (χ2v) is 6.05. The summed E-state index contributed by atoms with van der Waals surface area (Å²) in [5.74, 6) is -0.384. The quantitative estimate of drug-likeness (QED) is 0.674. The maximum absolute atomic E-state index is 14.0. The minimum absolute atomic E-state index is 0.101. The molecule has 0 amide bonds. The minimum atomic E-state index is -0.284. The SMILES string of the molecule is N=C(N)c1ccc(CN2CCc3sccc3C2)c(F)c1. The van der Waals surface area contributed by atoms with E-state index in [9.17, 15) is 4.39 Å². The summed E-state index contributed by atoms with van der Waals surface area (Å²) in [6.07, 6.45) is 1.04. The Morgan fingerprint density at radius 3 is 3.00 bits per heavy atom. The van der Waals surface area contributed by atoms with Crippen LogP contribution in [0.15, 0.2) is 29.6 Å². The van der Waals surface area contributed by atoms with Gasteiger partial charge in [0.1, 0.15) is 11.7 Å². The zero-order chi connectivity index (χ0) is 14.1. The molecule has 0 spiro atoms. The summed E-state index contributed by atoms with van der Waals surface area (Å²) in [6.45, 7) is 2.44. The molecule has 3 N–H and O–H groups in total. The van der Waals surface area contributed by atoms with Crippen molar-refractivity contribution in [2.24, 2.45) is 5.73 Å². The Balaban J connectivity index is 1.74. The second kappa shape index (κ2) is 5.34.